The standard InChI is InChI=1S/C18H32O16/c19-1-4-7(22)9(24)11(26)17(31-4)33-14-6(3-21)32-18(12(27)10(14)25)34-15-8(23)5(2-20)30-16(29)13(15)28/h4-29H,1-3H2/t4-,5-,6-,7+,8+,9+,10-,11-,12-,13-,14+,15+,16-,17-,18+/m1/s1. The van der Waals surface area contributed by atoms with Gasteiger partial charge >= 0.3 is 0 Å². The molecule has 3 rings (SSSR count). The third-order valence-electron chi connectivity index (χ3n) is 6.09. The van der Waals surface area contributed by atoms with Crippen LogP contribution in [0.4, 0.5) is 0 Å². The van der Waals surface area contributed by atoms with Crippen molar-refractivity contribution < 1.29 is 79.9 Å². The highest BCUT2D eigenvalue weighted by molar-refractivity contribution is 4.96. The fraction of sp³-hybridized carbons (Fsp3) is 1.00. The van der Waals surface area contributed by atoms with Crippen LogP contribution in [0.1, 0.15) is 0 Å². The second-order valence-electron chi connectivity index (χ2n) is 8.33. The lowest BCUT2D eigenvalue weighted by molar-refractivity contribution is -0.378. The Hall–Kier alpha value is -0.640. The summed E-state index contributed by atoms with van der Waals surface area (Å²) >= 11 is 0. The highest BCUT2D eigenvalue weighted by Crippen LogP contribution is 2.32. The van der Waals surface area contributed by atoms with Crippen LogP contribution < -0.4 is 0 Å². The van der Waals surface area contributed by atoms with Gasteiger partial charge in [-0.3, -0.25) is 0 Å². The number of ether oxygens (including phenoxy) is 5. The molecule has 3 saturated heterocycles. The zero-order chi connectivity index (χ0) is 25.3. The van der Waals surface area contributed by atoms with Crippen molar-refractivity contribution in [2.75, 3.05) is 19.8 Å². The van der Waals surface area contributed by atoms with Gasteiger partial charge in [0, 0.05) is 0 Å². The fourth-order valence-electron chi connectivity index (χ4n) is 4.05. The Kier molecular flexibility index (Phi) is 9.54. The van der Waals surface area contributed by atoms with Crippen LogP contribution in [0.25, 0.3) is 0 Å². The molecule has 0 bridgehead atoms. The molecule has 0 unspecified atom stereocenters. The average molecular weight is 504 g/mol. The Balaban J connectivity index is 1.72. The lowest BCUT2D eigenvalue weighted by Crippen LogP contribution is -2.66. The average Bonchev–Trinajstić information content (AvgIpc) is 2.83. The molecule has 16 heteroatoms. The Bertz CT molecular complexity index is 637. The zero-order valence-corrected chi connectivity index (χ0v) is 17.7. The topological polar surface area (TPSA) is 269 Å². The first-order valence-electron chi connectivity index (χ1n) is 10.6. The summed E-state index contributed by atoms with van der Waals surface area (Å²) < 4.78 is 26.2. The molecule has 0 saturated carbocycles. The van der Waals surface area contributed by atoms with E-state index in [1.165, 1.54) is 0 Å². The van der Waals surface area contributed by atoms with Crippen LogP contribution >= 0.6 is 0 Å². The van der Waals surface area contributed by atoms with Crippen LogP contribution in [0.5, 0.6) is 0 Å². The van der Waals surface area contributed by atoms with Crippen molar-refractivity contribution in [3.63, 3.8) is 0 Å². The fourth-order valence-corrected chi connectivity index (χ4v) is 4.05. The quantitative estimate of drug-likeness (QED) is 0.154. The van der Waals surface area contributed by atoms with Crippen molar-refractivity contribution in [2.45, 2.75) is 92.1 Å². The number of hydrogen-bond acceptors (Lipinski definition) is 16. The molecule has 15 atom stereocenters. The molecule has 3 aliphatic heterocycles. The van der Waals surface area contributed by atoms with Gasteiger partial charge in [0.2, 0.25) is 0 Å². The van der Waals surface area contributed by atoms with E-state index in [9.17, 15) is 56.2 Å². The van der Waals surface area contributed by atoms with Crippen molar-refractivity contribution in [1.29, 1.82) is 0 Å². The molecule has 0 spiro atoms. The maximum Gasteiger partial charge on any atom is 0.187 e. The molecule has 34 heavy (non-hydrogen) atoms. The lowest BCUT2D eigenvalue weighted by atomic mass is 9.96. The van der Waals surface area contributed by atoms with Gasteiger partial charge in [0.05, 0.1) is 19.8 Å². The van der Waals surface area contributed by atoms with Gasteiger partial charge in [-0.2, -0.15) is 0 Å². The van der Waals surface area contributed by atoms with E-state index in [0.717, 1.165) is 0 Å². The summed E-state index contributed by atoms with van der Waals surface area (Å²) in [6.07, 6.45) is -25.3. The number of aliphatic hydroxyl groups is 11. The van der Waals surface area contributed by atoms with Crippen molar-refractivity contribution in [3.8, 4) is 0 Å². The summed E-state index contributed by atoms with van der Waals surface area (Å²) in [5.41, 5.74) is 0. The van der Waals surface area contributed by atoms with Gasteiger partial charge in [-0.25, -0.2) is 0 Å². The minimum atomic E-state index is -1.93. The van der Waals surface area contributed by atoms with Gasteiger partial charge < -0.3 is 79.9 Å². The van der Waals surface area contributed by atoms with E-state index < -0.39 is 112 Å². The molecule has 3 fully saturated rings. The molecule has 0 aromatic heterocycles. The lowest BCUT2D eigenvalue weighted by Gasteiger charge is -2.47. The third-order valence-corrected chi connectivity index (χ3v) is 6.09. The van der Waals surface area contributed by atoms with Crippen molar-refractivity contribution in [2.24, 2.45) is 0 Å². The maximum absolute atomic E-state index is 10.6. The molecule has 11 N–H and O–H groups in total. The molecular formula is C18H32O16. The maximum atomic E-state index is 10.6. The summed E-state index contributed by atoms with van der Waals surface area (Å²) in [7, 11) is 0. The normalized spacial score (nSPS) is 52.5. The van der Waals surface area contributed by atoms with Gasteiger partial charge in [0.1, 0.15) is 73.2 Å². The van der Waals surface area contributed by atoms with Crippen molar-refractivity contribution in [3.05, 3.63) is 0 Å². The van der Waals surface area contributed by atoms with E-state index in [1.807, 2.05) is 0 Å². The van der Waals surface area contributed by atoms with E-state index in [1.54, 1.807) is 0 Å². The predicted molar refractivity (Wildman–Crippen MR) is 101 cm³/mol. The Morgan fingerprint density at radius 2 is 0.912 bits per heavy atom. The molecule has 0 aromatic carbocycles. The van der Waals surface area contributed by atoms with Gasteiger partial charge in [-0.05, 0) is 0 Å². The van der Waals surface area contributed by atoms with Crippen LogP contribution in [0.15, 0.2) is 0 Å². The third kappa shape index (κ3) is 5.37. The van der Waals surface area contributed by atoms with E-state index in [2.05, 4.69) is 0 Å². The molecular weight excluding hydrogens is 472 g/mol. The highest BCUT2D eigenvalue weighted by atomic mass is 16.7. The zero-order valence-electron chi connectivity index (χ0n) is 17.7. The van der Waals surface area contributed by atoms with E-state index in [0.29, 0.717) is 0 Å². The summed E-state index contributed by atoms with van der Waals surface area (Å²) in [5, 5.41) is 109. The SMILES string of the molecule is OC[C@H]1O[C@H](O[C@@H]2[C@H](O)[C@@H](O)[C@H](O[C@@H]3[C@@H](O)[C@H](O)O[C@H](CO)[C@@H]3O)O[C@@H]2CO)[C@H](O)[C@@H](O)[C@H]1O. The van der Waals surface area contributed by atoms with Gasteiger partial charge in [-0.15, -0.1) is 0 Å². The van der Waals surface area contributed by atoms with Crippen LogP contribution in [0.2, 0.25) is 0 Å². The number of rotatable bonds is 7. The molecule has 0 radical (unpaired) electrons. The molecule has 3 heterocycles. The Morgan fingerprint density at radius 1 is 0.441 bits per heavy atom. The Morgan fingerprint density at radius 3 is 1.47 bits per heavy atom. The molecule has 0 amide bonds. The second kappa shape index (κ2) is 11.6. The predicted octanol–water partition coefficient (Wildman–Crippen LogP) is -7.57. The smallest absolute Gasteiger partial charge is 0.187 e. The highest BCUT2D eigenvalue weighted by Gasteiger charge is 2.53. The van der Waals surface area contributed by atoms with E-state index in [4.69, 9.17) is 23.7 Å². The summed E-state index contributed by atoms with van der Waals surface area (Å²) in [5.74, 6) is 0. The van der Waals surface area contributed by atoms with Gasteiger partial charge in [-0.1, -0.05) is 0 Å². The molecule has 3 aliphatic rings. The number of aliphatic hydroxyl groups excluding tert-OH is 11. The summed E-state index contributed by atoms with van der Waals surface area (Å²) in [6, 6.07) is 0. The van der Waals surface area contributed by atoms with Gasteiger partial charge in [0.15, 0.2) is 18.9 Å². The Labute approximate surface area is 192 Å². The molecule has 16 nitrogen and oxygen atoms in total. The van der Waals surface area contributed by atoms with Crippen LogP contribution in [0, 0.1) is 0 Å². The molecule has 0 aromatic rings. The minimum absolute atomic E-state index is 0.740. The largest absolute Gasteiger partial charge is 0.394 e. The first-order chi connectivity index (χ1) is 16.0. The van der Waals surface area contributed by atoms with E-state index >= 15 is 0 Å². The van der Waals surface area contributed by atoms with Crippen molar-refractivity contribution in [1.82, 2.24) is 0 Å². The summed E-state index contributed by atoms with van der Waals surface area (Å²) in [6.45, 7) is -2.31. The summed E-state index contributed by atoms with van der Waals surface area (Å²) in [4.78, 5) is 0. The number of hydrogen-bond donors (Lipinski definition) is 11. The van der Waals surface area contributed by atoms with Crippen LogP contribution in [0.3, 0.4) is 0 Å². The van der Waals surface area contributed by atoms with Crippen LogP contribution in [-0.4, -0.2) is 168 Å². The van der Waals surface area contributed by atoms with E-state index in [-0.39, 0.29) is 0 Å². The first kappa shape index (κ1) is 27.9. The minimum Gasteiger partial charge on any atom is -0.394 e. The first-order valence-corrected chi connectivity index (χ1v) is 10.6. The monoisotopic (exact) mass is 504 g/mol. The van der Waals surface area contributed by atoms with Crippen molar-refractivity contribution >= 4 is 0 Å². The second-order valence-corrected chi connectivity index (χ2v) is 8.33. The van der Waals surface area contributed by atoms with Crippen LogP contribution in [-0.2, 0) is 23.7 Å². The molecule has 200 valence electrons. The molecule has 0 aliphatic carbocycles. The van der Waals surface area contributed by atoms with Gasteiger partial charge in [0.25, 0.3) is 0 Å².